The molecule has 0 spiro atoms. The van der Waals surface area contributed by atoms with Crippen LogP contribution >= 0.6 is 0 Å². The SMILES string of the molecule is Cc1cc(NC(=O)Cn2cc(CNC3CC3)nn2)on1. The molecule has 1 saturated carbocycles. The molecule has 0 bridgehead atoms. The maximum atomic E-state index is 11.8. The van der Waals surface area contributed by atoms with Gasteiger partial charge < -0.3 is 9.84 Å². The number of aryl methyl sites for hydroxylation is 1. The van der Waals surface area contributed by atoms with Crippen molar-refractivity contribution in [3.63, 3.8) is 0 Å². The summed E-state index contributed by atoms with van der Waals surface area (Å²) >= 11 is 0. The molecule has 1 aliphatic carbocycles. The highest BCUT2D eigenvalue weighted by molar-refractivity contribution is 5.89. The summed E-state index contributed by atoms with van der Waals surface area (Å²) in [6, 6.07) is 2.28. The van der Waals surface area contributed by atoms with Gasteiger partial charge in [-0.3, -0.25) is 10.1 Å². The van der Waals surface area contributed by atoms with E-state index in [9.17, 15) is 4.79 Å². The Morgan fingerprint density at radius 1 is 1.55 bits per heavy atom. The van der Waals surface area contributed by atoms with E-state index in [0.29, 0.717) is 18.5 Å². The van der Waals surface area contributed by atoms with Gasteiger partial charge in [-0.25, -0.2) is 4.68 Å². The molecule has 2 N–H and O–H groups in total. The molecule has 0 aliphatic heterocycles. The second-order valence-corrected chi connectivity index (χ2v) is 4.94. The van der Waals surface area contributed by atoms with E-state index in [1.807, 2.05) is 0 Å². The van der Waals surface area contributed by atoms with Gasteiger partial charge >= 0.3 is 0 Å². The average Bonchev–Trinajstić information content (AvgIpc) is 3.00. The number of nitrogens with zero attached hydrogens (tertiary/aromatic N) is 4. The van der Waals surface area contributed by atoms with E-state index >= 15 is 0 Å². The lowest BCUT2D eigenvalue weighted by Gasteiger charge is -2.00. The zero-order valence-corrected chi connectivity index (χ0v) is 11.2. The number of aromatic nitrogens is 4. The first-order chi connectivity index (χ1) is 9.69. The highest BCUT2D eigenvalue weighted by Crippen LogP contribution is 2.18. The van der Waals surface area contributed by atoms with Crippen molar-refractivity contribution in [1.29, 1.82) is 0 Å². The lowest BCUT2D eigenvalue weighted by molar-refractivity contribution is -0.117. The minimum Gasteiger partial charge on any atom is -0.338 e. The molecule has 2 heterocycles. The minimum atomic E-state index is -0.229. The number of rotatable bonds is 6. The summed E-state index contributed by atoms with van der Waals surface area (Å²) in [6.07, 6.45) is 4.22. The maximum Gasteiger partial charge on any atom is 0.248 e. The molecule has 0 aromatic carbocycles. The molecule has 106 valence electrons. The predicted molar refractivity (Wildman–Crippen MR) is 69.8 cm³/mol. The number of nitrogens with one attached hydrogen (secondary N) is 2. The summed E-state index contributed by atoms with van der Waals surface area (Å²) in [6.45, 7) is 2.57. The Bertz CT molecular complexity index is 601. The summed E-state index contributed by atoms with van der Waals surface area (Å²) in [5.41, 5.74) is 1.55. The Balaban J connectivity index is 1.50. The zero-order valence-electron chi connectivity index (χ0n) is 11.2. The van der Waals surface area contributed by atoms with E-state index in [0.717, 1.165) is 11.4 Å². The quantitative estimate of drug-likeness (QED) is 0.795. The van der Waals surface area contributed by atoms with E-state index in [4.69, 9.17) is 4.52 Å². The van der Waals surface area contributed by atoms with Gasteiger partial charge in [0.2, 0.25) is 11.8 Å². The average molecular weight is 276 g/mol. The van der Waals surface area contributed by atoms with Crippen LogP contribution in [0, 0.1) is 6.92 Å². The van der Waals surface area contributed by atoms with Gasteiger partial charge in [0.05, 0.1) is 17.6 Å². The molecule has 2 aromatic rings. The molecular formula is C12H16N6O2. The maximum absolute atomic E-state index is 11.8. The molecule has 8 nitrogen and oxygen atoms in total. The topological polar surface area (TPSA) is 97.9 Å². The van der Waals surface area contributed by atoms with Gasteiger partial charge in [0, 0.05) is 18.7 Å². The van der Waals surface area contributed by atoms with E-state index in [-0.39, 0.29) is 12.5 Å². The molecule has 1 amide bonds. The van der Waals surface area contributed by atoms with E-state index in [2.05, 4.69) is 26.1 Å². The van der Waals surface area contributed by atoms with Crippen LogP contribution in [-0.4, -0.2) is 32.1 Å². The van der Waals surface area contributed by atoms with Crippen LogP contribution in [0.5, 0.6) is 0 Å². The first-order valence-corrected chi connectivity index (χ1v) is 6.54. The van der Waals surface area contributed by atoms with Gasteiger partial charge in [-0.15, -0.1) is 5.10 Å². The third-order valence-electron chi connectivity index (χ3n) is 2.93. The Labute approximate surface area is 115 Å². The summed E-state index contributed by atoms with van der Waals surface area (Å²) in [4.78, 5) is 11.8. The number of anilines is 1. The van der Waals surface area contributed by atoms with Gasteiger partial charge in [0.15, 0.2) is 0 Å². The molecule has 0 atom stereocenters. The lowest BCUT2D eigenvalue weighted by Crippen LogP contribution is -2.19. The van der Waals surface area contributed by atoms with Crippen LogP contribution in [0.25, 0.3) is 0 Å². The second kappa shape index (κ2) is 5.41. The molecule has 3 rings (SSSR count). The van der Waals surface area contributed by atoms with Crippen LogP contribution < -0.4 is 10.6 Å². The third kappa shape index (κ3) is 3.41. The van der Waals surface area contributed by atoms with Gasteiger partial charge in [-0.05, 0) is 19.8 Å². The van der Waals surface area contributed by atoms with Gasteiger partial charge in [-0.2, -0.15) is 0 Å². The number of hydrogen-bond acceptors (Lipinski definition) is 6. The van der Waals surface area contributed by atoms with E-state index in [1.165, 1.54) is 17.5 Å². The largest absolute Gasteiger partial charge is 0.338 e. The fourth-order valence-electron chi connectivity index (χ4n) is 1.78. The number of carbonyl (C=O) groups excluding carboxylic acids is 1. The Morgan fingerprint density at radius 2 is 2.40 bits per heavy atom. The van der Waals surface area contributed by atoms with Crippen LogP contribution in [0.15, 0.2) is 16.8 Å². The van der Waals surface area contributed by atoms with Crippen molar-refractivity contribution in [2.24, 2.45) is 0 Å². The smallest absolute Gasteiger partial charge is 0.248 e. The Kier molecular flexibility index (Phi) is 3.46. The molecular weight excluding hydrogens is 260 g/mol. The summed E-state index contributed by atoms with van der Waals surface area (Å²) in [5, 5.41) is 17.6. The monoisotopic (exact) mass is 276 g/mol. The van der Waals surface area contributed by atoms with Crippen LogP contribution in [-0.2, 0) is 17.9 Å². The molecule has 1 fully saturated rings. The summed E-state index contributed by atoms with van der Waals surface area (Å²) < 4.78 is 6.41. The van der Waals surface area contributed by atoms with E-state index in [1.54, 1.807) is 19.2 Å². The number of amides is 1. The Morgan fingerprint density at radius 3 is 3.10 bits per heavy atom. The zero-order chi connectivity index (χ0) is 13.9. The van der Waals surface area contributed by atoms with Crippen LogP contribution in [0.4, 0.5) is 5.88 Å². The van der Waals surface area contributed by atoms with Crippen molar-refractivity contribution in [2.75, 3.05) is 5.32 Å². The van der Waals surface area contributed by atoms with Crippen molar-refractivity contribution in [1.82, 2.24) is 25.5 Å². The normalized spacial score (nSPS) is 14.4. The molecule has 1 aliphatic rings. The van der Waals surface area contributed by atoms with E-state index < -0.39 is 0 Å². The first-order valence-electron chi connectivity index (χ1n) is 6.54. The second-order valence-electron chi connectivity index (χ2n) is 4.94. The fraction of sp³-hybridized carbons (Fsp3) is 0.500. The van der Waals surface area contributed by atoms with Crippen LogP contribution in [0.1, 0.15) is 24.2 Å². The summed E-state index contributed by atoms with van der Waals surface area (Å²) in [5.74, 6) is 0.107. The third-order valence-corrected chi connectivity index (χ3v) is 2.93. The van der Waals surface area contributed by atoms with Gasteiger partial charge in [0.25, 0.3) is 0 Å². The molecule has 20 heavy (non-hydrogen) atoms. The first kappa shape index (κ1) is 12.8. The molecule has 0 radical (unpaired) electrons. The highest BCUT2D eigenvalue weighted by Gasteiger charge is 2.20. The van der Waals surface area contributed by atoms with Crippen LogP contribution in [0.3, 0.4) is 0 Å². The van der Waals surface area contributed by atoms with Crippen molar-refractivity contribution >= 4 is 11.8 Å². The van der Waals surface area contributed by atoms with Gasteiger partial charge in [-0.1, -0.05) is 10.4 Å². The molecule has 2 aromatic heterocycles. The minimum absolute atomic E-state index is 0.0934. The lowest BCUT2D eigenvalue weighted by atomic mass is 10.4. The molecule has 0 unspecified atom stereocenters. The number of hydrogen-bond donors (Lipinski definition) is 2. The van der Waals surface area contributed by atoms with Crippen molar-refractivity contribution in [3.05, 3.63) is 23.7 Å². The fourth-order valence-corrected chi connectivity index (χ4v) is 1.78. The summed E-state index contributed by atoms with van der Waals surface area (Å²) in [7, 11) is 0. The van der Waals surface area contributed by atoms with Crippen LogP contribution in [0.2, 0.25) is 0 Å². The Hall–Kier alpha value is -2.22. The molecule has 0 saturated heterocycles. The van der Waals surface area contributed by atoms with Crippen molar-refractivity contribution < 1.29 is 9.32 Å². The highest BCUT2D eigenvalue weighted by atomic mass is 16.5. The van der Waals surface area contributed by atoms with Crippen molar-refractivity contribution in [3.8, 4) is 0 Å². The molecule has 8 heteroatoms. The van der Waals surface area contributed by atoms with Crippen molar-refractivity contribution in [2.45, 2.75) is 38.9 Å². The number of carbonyl (C=O) groups is 1. The van der Waals surface area contributed by atoms with Gasteiger partial charge in [0.1, 0.15) is 6.54 Å². The predicted octanol–water partition coefficient (Wildman–Crippen LogP) is 0.465. The standard InChI is InChI=1S/C12H16N6O2/c1-8-4-12(20-16-8)14-11(19)7-18-6-10(15-17-18)5-13-9-2-3-9/h4,6,9,13H,2-3,5,7H2,1H3,(H,14,19).